The van der Waals surface area contributed by atoms with E-state index in [-0.39, 0.29) is 15.1 Å². The molecule has 0 spiro atoms. The summed E-state index contributed by atoms with van der Waals surface area (Å²) in [7, 11) is -3.07. The number of hydrogen-bond acceptors (Lipinski definition) is 13. The minimum absolute atomic E-state index is 0.0532. The van der Waals surface area contributed by atoms with Gasteiger partial charge in [0, 0.05) is 5.38 Å². The van der Waals surface area contributed by atoms with Crippen LogP contribution in [-0.2, 0) is 43.8 Å². The molecule has 1 aromatic heterocycles. The Hall–Kier alpha value is -3.31. The van der Waals surface area contributed by atoms with Gasteiger partial charge in [0.25, 0.3) is 11.8 Å². The predicted molar refractivity (Wildman–Crippen MR) is 106 cm³/mol. The lowest BCUT2D eigenvalue weighted by Gasteiger charge is -2.41. The Morgan fingerprint density at radius 3 is 2.41 bits per heavy atom. The van der Waals surface area contributed by atoms with Crippen LogP contribution in [-0.4, -0.2) is 83.6 Å². The first-order chi connectivity index (χ1) is 14.7. The van der Waals surface area contributed by atoms with E-state index in [1.165, 1.54) is 19.2 Å². The number of esters is 2. The predicted octanol–water partition coefficient (Wildman–Crippen LogP) is -1.93. The number of β-lactam (4-membered cyclic amide) rings is 1. The van der Waals surface area contributed by atoms with Gasteiger partial charge in [0.2, 0.25) is 5.60 Å². The molecule has 2 atom stereocenters. The van der Waals surface area contributed by atoms with Crippen LogP contribution in [0.15, 0.2) is 10.5 Å². The topological polar surface area (TPSA) is 217 Å². The maximum atomic E-state index is 12.8. The second-order valence-electron chi connectivity index (χ2n) is 6.64. The number of methoxy groups -OCH3 is 2. The molecule has 1 aliphatic heterocycles. The van der Waals surface area contributed by atoms with Gasteiger partial charge in [-0.05, 0) is 13.8 Å². The molecule has 176 valence electrons. The van der Waals surface area contributed by atoms with Gasteiger partial charge in [-0.25, -0.2) is 14.6 Å². The summed E-state index contributed by atoms with van der Waals surface area (Å²) in [6.45, 7) is 2.61. The summed E-state index contributed by atoms with van der Waals surface area (Å²) in [4.78, 5) is 57.7. The van der Waals surface area contributed by atoms with Gasteiger partial charge < -0.3 is 25.4 Å². The summed E-state index contributed by atoms with van der Waals surface area (Å²) in [6.07, 6.45) is 0. The molecule has 0 radical (unpaired) electrons. The second-order valence-corrected chi connectivity index (χ2v) is 8.81. The highest BCUT2D eigenvalue weighted by Crippen LogP contribution is 2.25. The first-order valence-corrected chi connectivity index (χ1v) is 10.8. The molecule has 17 heteroatoms. The molecule has 0 saturated carbocycles. The number of nitrogens with zero attached hydrogens (tertiary/aromatic N) is 3. The Morgan fingerprint density at radius 1 is 1.31 bits per heavy atom. The van der Waals surface area contributed by atoms with E-state index >= 15 is 0 Å². The molecule has 1 aromatic rings. The van der Waals surface area contributed by atoms with Crippen molar-refractivity contribution in [1.29, 1.82) is 0 Å². The van der Waals surface area contributed by atoms with Crippen LogP contribution in [0.5, 0.6) is 0 Å². The van der Waals surface area contributed by atoms with Crippen LogP contribution in [0.25, 0.3) is 0 Å². The van der Waals surface area contributed by atoms with Crippen LogP contribution < -0.4 is 11.1 Å². The molecule has 1 fully saturated rings. The third-order valence-electron chi connectivity index (χ3n) is 4.05. The van der Waals surface area contributed by atoms with E-state index in [0.29, 0.717) is 0 Å². The van der Waals surface area contributed by atoms with E-state index in [1.807, 2.05) is 0 Å². The molecule has 2 rings (SSSR count). The van der Waals surface area contributed by atoms with Crippen molar-refractivity contribution in [3.63, 3.8) is 0 Å². The highest BCUT2D eigenvalue weighted by Gasteiger charge is 2.58. The van der Waals surface area contributed by atoms with Gasteiger partial charge in [-0.15, -0.1) is 11.3 Å². The van der Waals surface area contributed by atoms with Crippen LogP contribution in [0.2, 0.25) is 0 Å². The first kappa shape index (κ1) is 25.0. The van der Waals surface area contributed by atoms with E-state index in [0.717, 1.165) is 25.6 Å². The molecule has 2 amide bonds. The molecule has 0 unspecified atom stereocenters. The fraction of sp³-hybridized carbons (Fsp3) is 0.467. The van der Waals surface area contributed by atoms with Crippen LogP contribution in [0.4, 0.5) is 5.13 Å². The quantitative estimate of drug-likeness (QED) is 0.119. The SMILES string of the molecule is COC(=O)[C@@H]1[C@H](NC(=O)C(=NOC(C)(C)C(=O)OC)c2csc(N)n2)C(=O)N1S(=O)(=O)O. The Morgan fingerprint density at radius 2 is 1.94 bits per heavy atom. The van der Waals surface area contributed by atoms with Crippen molar-refractivity contribution in [2.75, 3.05) is 20.0 Å². The number of oxime groups is 1. The first-order valence-electron chi connectivity index (χ1n) is 8.50. The van der Waals surface area contributed by atoms with Gasteiger partial charge in [0.1, 0.15) is 11.7 Å². The maximum Gasteiger partial charge on any atom is 0.363 e. The number of nitrogens with two attached hydrogens (primary N) is 1. The maximum absolute atomic E-state index is 12.8. The third-order valence-corrected chi connectivity index (χ3v) is 5.63. The number of amides is 2. The molecular weight excluding hydrogens is 474 g/mol. The summed E-state index contributed by atoms with van der Waals surface area (Å²) >= 11 is 0.943. The van der Waals surface area contributed by atoms with Crippen molar-refractivity contribution in [3.05, 3.63) is 11.1 Å². The normalized spacial score (nSPS) is 19.1. The summed E-state index contributed by atoms with van der Waals surface area (Å²) in [5.74, 6) is -4.46. The number of carbonyl (C=O) groups is 4. The fourth-order valence-electron chi connectivity index (χ4n) is 2.47. The summed E-state index contributed by atoms with van der Waals surface area (Å²) < 4.78 is 40.8. The molecule has 0 aliphatic carbocycles. The zero-order valence-corrected chi connectivity index (χ0v) is 18.7. The lowest BCUT2D eigenvalue weighted by Crippen LogP contribution is -2.74. The van der Waals surface area contributed by atoms with Crippen molar-refractivity contribution >= 4 is 56.2 Å². The largest absolute Gasteiger partial charge is 0.467 e. The summed E-state index contributed by atoms with van der Waals surface area (Å²) in [6, 6.07) is -3.58. The lowest BCUT2D eigenvalue weighted by atomic mass is 9.98. The Labute approximate surface area is 185 Å². The Bertz CT molecular complexity index is 1080. The van der Waals surface area contributed by atoms with Crippen LogP contribution >= 0.6 is 11.3 Å². The molecule has 1 saturated heterocycles. The molecule has 4 N–H and O–H groups in total. The zero-order valence-electron chi connectivity index (χ0n) is 17.1. The summed E-state index contributed by atoms with van der Waals surface area (Å²) in [5.41, 5.74) is 3.30. The molecule has 1 aliphatic rings. The van der Waals surface area contributed by atoms with E-state index < -0.39 is 57.5 Å². The molecule has 32 heavy (non-hydrogen) atoms. The van der Waals surface area contributed by atoms with E-state index in [4.69, 9.17) is 15.1 Å². The second kappa shape index (κ2) is 9.05. The molecule has 2 heterocycles. The standard InChI is InChI=1S/C15H19N5O10S2/c1-15(2,13(24)29-4)30-19-7(6-5-31-14(16)17-6)10(21)18-8-9(12(23)28-3)20(11(8)22)32(25,26)27/h5,8-9H,1-4H3,(H2,16,17)(H,18,21)(H,25,26,27)/t8-,9-/m0/s1. The van der Waals surface area contributed by atoms with Crippen molar-refractivity contribution in [1.82, 2.24) is 14.6 Å². The van der Waals surface area contributed by atoms with Gasteiger partial charge in [-0.2, -0.15) is 12.7 Å². The number of rotatable bonds is 8. The van der Waals surface area contributed by atoms with Crippen molar-refractivity contribution < 1.29 is 46.5 Å². The van der Waals surface area contributed by atoms with E-state index in [1.54, 1.807) is 0 Å². The van der Waals surface area contributed by atoms with Gasteiger partial charge in [0.05, 0.1) is 14.2 Å². The number of thiazole rings is 1. The zero-order chi connectivity index (χ0) is 24.4. The number of hydrogen-bond donors (Lipinski definition) is 3. The number of nitrogens with one attached hydrogen (secondary N) is 1. The summed E-state index contributed by atoms with van der Waals surface area (Å²) in [5, 5.41) is 7.12. The highest BCUT2D eigenvalue weighted by molar-refractivity contribution is 7.84. The number of aromatic nitrogens is 1. The van der Waals surface area contributed by atoms with Crippen molar-refractivity contribution in [2.24, 2.45) is 5.16 Å². The van der Waals surface area contributed by atoms with Crippen LogP contribution in [0, 0.1) is 0 Å². The number of carbonyl (C=O) groups excluding carboxylic acids is 4. The minimum Gasteiger partial charge on any atom is -0.467 e. The number of anilines is 1. The lowest BCUT2D eigenvalue weighted by molar-refractivity contribution is -0.165. The fourth-order valence-corrected chi connectivity index (χ4v) is 3.85. The smallest absolute Gasteiger partial charge is 0.363 e. The number of nitrogen functional groups attached to an aromatic ring is 1. The highest BCUT2D eigenvalue weighted by atomic mass is 32.2. The van der Waals surface area contributed by atoms with Crippen LogP contribution in [0.1, 0.15) is 19.5 Å². The average molecular weight is 493 g/mol. The van der Waals surface area contributed by atoms with Gasteiger partial charge in [-0.3, -0.25) is 14.1 Å². The monoisotopic (exact) mass is 493 g/mol. The average Bonchev–Trinajstić information content (AvgIpc) is 3.13. The van der Waals surface area contributed by atoms with Gasteiger partial charge in [-0.1, -0.05) is 5.16 Å². The molecule has 0 bridgehead atoms. The number of ether oxygens (including phenoxy) is 2. The van der Waals surface area contributed by atoms with Crippen LogP contribution in [0.3, 0.4) is 0 Å². The molecule has 0 aromatic carbocycles. The minimum atomic E-state index is -5.10. The van der Waals surface area contributed by atoms with Crippen molar-refractivity contribution in [3.8, 4) is 0 Å². The third kappa shape index (κ3) is 4.94. The van der Waals surface area contributed by atoms with Gasteiger partial charge >= 0.3 is 22.2 Å². The Kier molecular flexibility index (Phi) is 7.06. The molecule has 15 nitrogen and oxygen atoms in total. The van der Waals surface area contributed by atoms with Gasteiger partial charge in [0.15, 0.2) is 16.9 Å². The Balaban J connectivity index is 2.36. The molecular formula is C15H19N5O10S2. The van der Waals surface area contributed by atoms with E-state index in [9.17, 15) is 27.6 Å². The van der Waals surface area contributed by atoms with Crippen molar-refractivity contribution in [2.45, 2.75) is 31.5 Å². The van der Waals surface area contributed by atoms with E-state index in [2.05, 4.69) is 24.9 Å².